The molecule has 0 radical (unpaired) electrons. The van der Waals surface area contributed by atoms with Gasteiger partial charge in [-0.05, 0) is 34.5 Å². The molecule has 23 heavy (non-hydrogen) atoms. The fraction of sp³-hybridized carbons (Fsp3) is 0.111. The molecule has 0 amide bonds. The van der Waals surface area contributed by atoms with E-state index in [4.69, 9.17) is 4.74 Å². The van der Waals surface area contributed by atoms with Crippen molar-refractivity contribution in [3.63, 3.8) is 0 Å². The van der Waals surface area contributed by atoms with E-state index in [1.807, 2.05) is 30.3 Å². The van der Waals surface area contributed by atoms with Crippen molar-refractivity contribution in [1.82, 2.24) is 0 Å². The molecule has 0 saturated heterocycles. The Morgan fingerprint density at radius 1 is 1.04 bits per heavy atom. The Morgan fingerprint density at radius 3 is 2.57 bits per heavy atom. The summed E-state index contributed by atoms with van der Waals surface area (Å²) in [5.41, 5.74) is 1.46. The molecule has 0 atom stereocenters. The van der Waals surface area contributed by atoms with Crippen LogP contribution in [-0.4, -0.2) is 12.0 Å². The quantitative estimate of drug-likeness (QED) is 0.561. The van der Waals surface area contributed by atoms with Crippen molar-refractivity contribution in [3.8, 4) is 5.75 Å². The summed E-state index contributed by atoms with van der Waals surface area (Å²) < 4.78 is 5.08. The van der Waals surface area contributed by atoms with E-state index in [2.05, 4.69) is 17.4 Å². The number of para-hydroxylation sites is 1. The van der Waals surface area contributed by atoms with Crippen molar-refractivity contribution in [2.45, 2.75) is 6.54 Å². The first kappa shape index (κ1) is 14.8. The molecule has 0 fully saturated rings. The normalized spacial score (nSPS) is 10.5. The molecular formula is C18H16N2O3. The Balaban J connectivity index is 1.86. The van der Waals surface area contributed by atoms with E-state index >= 15 is 0 Å². The lowest BCUT2D eigenvalue weighted by Crippen LogP contribution is -2.04. The molecule has 3 aromatic rings. The van der Waals surface area contributed by atoms with Crippen LogP contribution in [0.15, 0.2) is 60.7 Å². The van der Waals surface area contributed by atoms with Crippen molar-refractivity contribution in [3.05, 3.63) is 76.3 Å². The van der Waals surface area contributed by atoms with E-state index in [1.165, 1.54) is 12.5 Å². The van der Waals surface area contributed by atoms with E-state index in [0.717, 1.165) is 10.9 Å². The Labute approximate surface area is 133 Å². The predicted octanol–water partition coefficient (Wildman–Crippen LogP) is 4.37. The van der Waals surface area contributed by atoms with Crippen LogP contribution in [0.2, 0.25) is 0 Å². The van der Waals surface area contributed by atoms with Gasteiger partial charge in [0.1, 0.15) is 5.69 Å². The van der Waals surface area contributed by atoms with Crippen molar-refractivity contribution in [2.24, 2.45) is 0 Å². The molecule has 0 unspecified atom stereocenters. The van der Waals surface area contributed by atoms with Gasteiger partial charge in [0.15, 0.2) is 5.75 Å². The van der Waals surface area contributed by atoms with E-state index in [-0.39, 0.29) is 11.4 Å². The van der Waals surface area contributed by atoms with Gasteiger partial charge in [0.2, 0.25) is 0 Å². The summed E-state index contributed by atoms with van der Waals surface area (Å²) in [7, 11) is 1.43. The van der Waals surface area contributed by atoms with Gasteiger partial charge in [0.25, 0.3) is 0 Å². The number of methoxy groups -OCH3 is 1. The molecule has 0 aromatic heterocycles. The highest BCUT2D eigenvalue weighted by atomic mass is 16.6. The average molecular weight is 308 g/mol. The van der Waals surface area contributed by atoms with Crippen molar-refractivity contribution < 1.29 is 9.66 Å². The molecule has 5 nitrogen and oxygen atoms in total. The first-order valence-corrected chi connectivity index (χ1v) is 7.22. The second-order valence-electron chi connectivity index (χ2n) is 5.15. The Hall–Kier alpha value is -3.08. The second kappa shape index (κ2) is 6.36. The predicted molar refractivity (Wildman–Crippen MR) is 90.9 cm³/mol. The Kier molecular flexibility index (Phi) is 4.10. The third kappa shape index (κ3) is 3.08. The molecule has 3 rings (SSSR count). The third-order valence-corrected chi connectivity index (χ3v) is 3.70. The number of nitro groups is 1. The Morgan fingerprint density at radius 2 is 1.83 bits per heavy atom. The van der Waals surface area contributed by atoms with Gasteiger partial charge >= 0.3 is 5.69 Å². The number of nitro benzene ring substituents is 1. The molecule has 116 valence electrons. The van der Waals surface area contributed by atoms with Gasteiger partial charge in [0, 0.05) is 6.54 Å². The number of fused-ring (bicyclic) bond motifs is 1. The minimum atomic E-state index is -0.429. The first-order valence-electron chi connectivity index (χ1n) is 7.22. The van der Waals surface area contributed by atoms with Crippen LogP contribution >= 0.6 is 0 Å². The van der Waals surface area contributed by atoms with Crippen molar-refractivity contribution >= 4 is 22.1 Å². The molecule has 0 spiro atoms. The highest BCUT2D eigenvalue weighted by Gasteiger charge is 2.20. The average Bonchev–Trinajstić information content (AvgIpc) is 2.59. The molecular weight excluding hydrogens is 292 g/mol. The van der Waals surface area contributed by atoms with Gasteiger partial charge in [-0.1, -0.05) is 42.5 Å². The summed E-state index contributed by atoms with van der Waals surface area (Å²) in [4.78, 5) is 10.8. The third-order valence-electron chi connectivity index (χ3n) is 3.70. The van der Waals surface area contributed by atoms with Crippen LogP contribution in [0.4, 0.5) is 11.4 Å². The maximum atomic E-state index is 11.3. The molecule has 0 aliphatic carbocycles. The second-order valence-corrected chi connectivity index (χ2v) is 5.15. The molecule has 0 aliphatic rings. The number of rotatable bonds is 5. The molecule has 0 heterocycles. The minimum absolute atomic E-state index is 0.0456. The van der Waals surface area contributed by atoms with E-state index in [9.17, 15) is 10.1 Å². The van der Waals surface area contributed by atoms with Gasteiger partial charge < -0.3 is 10.1 Å². The maximum absolute atomic E-state index is 11.3. The lowest BCUT2D eigenvalue weighted by Gasteiger charge is -2.10. The number of hydrogen-bond acceptors (Lipinski definition) is 4. The van der Waals surface area contributed by atoms with Crippen LogP contribution in [0, 0.1) is 10.1 Å². The summed E-state index contributed by atoms with van der Waals surface area (Å²) in [5.74, 6) is 0.249. The summed E-state index contributed by atoms with van der Waals surface area (Å²) in [5, 5.41) is 16.7. The largest absolute Gasteiger partial charge is 0.490 e. The highest BCUT2D eigenvalue weighted by molar-refractivity contribution is 5.83. The molecule has 1 N–H and O–H groups in total. The van der Waals surface area contributed by atoms with Crippen LogP contribution < -0.4 is 10.1 Å². The van der Waals surface area contributed by atoms with Gasteiger partial charge in [-0.25, -0.2) is 0 Å². The van der Waals surface area contributed by atoms with E-state index in [1.54, 1.807) is 18.2 Å². The smallest absolute Gasteiger partial charge is 0.333 e. The Bertz CT molecular complexity index is 862. The first-order chi connectivity index (χ1) is 11.2. The zero-order valence-electron chi connectivity index (χ0n) is 12.7. The zero-order valence-corrected chi connectivity index (χ0v) is 12.7. The summed E-state index contributed by atoms with van der Waals surface area (Å²) in [6, 6.07) is 19.2. The van der Waals surface area contributed by atoms with Gasteiger partial charge in [-0.15, -0.1) is 0 Å². The van der Waals surface area contributed by atoms with Crippen LogP contribution in [0.3, 0.4) is 0 Å². The molecule has 5 heteroatoms. The van der Waals surface area contributed by atoms with Crippen LogP contribution in [-0.2, 0) is 6.54 Å². The molecule has 3 aromatic carbocycles. The summed E-state index contributed by atoms with van der Waals surface area (Å²) >= 11 is 0. The standard InChI is InChI=1S/C18H16N2O3/c1-23-17-8-4-7-16(18(17)20(21)22)19-12-13-9-10-14-5-2-3-6-15(14)11-13/h2-11,19H,12H2,1H3. The fourth-order valence-corrected chi connectivity index (χ4v) is 2.56. The summed E-state index contributed by atoms with van der Waals surface area (Å²) in [6.07, 6.45) is 0. The maximum Gasteiger partial charge on any atom is 0.333 e. The number of hydrogen-bond donors (Lipinski definition) is 1. The number of nitrogens with zero attached hydrogens (tertiary/aromatic N) is 1. The summed E-state index contributed by atoms with van der Waals surface area (Å²) in [6.45, 7) is 0.499. The molecule has 0 bridgehead atoms. The number of benzene rings is 3. The van der Waals surface area contributed by atoms with Crippen LogP contribution in [0.1, 0.15) is 5.56 Å². The lowest BCUT2D eigenvalue weighted by atomic mass is 10.1. The molecule has 0 saturated carbocycles. The van der Waals surface area contributed by atoms with E-state index < -0.39 is 4.92 Å². The topological polar surface area (TPSA) is 64.4 Å². The van der Waals surface area contributed by atoms with Gasteiger partial charge in [-0.2, -0.15) is 0 Å². The van der Waals surface area contributed by atoms with Crippen LogP contribution in [0.5, 0.6) is 5.75 Å². The lowest BCUT2D eigenvalue weighted by molar-refractivity contribution is -0.384. The number of nitrogens with one attached hydrogen (secondary N) is 1. The van der Waals surface area contributed by atoms with Gasteiger partial charge in [-0.3, -0.25) is 10.1 Å². The van der Waals surface area contributed by atoms with E-state index in [0.29, 0.717) is 12.2 Å². The van der Waals surface area contributed by atoms with Crippen molar-refractivity contribution in [2.75, 3.05) is 12.4 Å². The zero-order chi connectivity index (χ0) is 16.2. The van der Waals surface area contributed by atoms with Crippen molar-refractivity contribution in [1.29, 1.82) is 0 Å². The monoisotopic (exact) mass is 308 g/mol. The number of anilines is 1. The fourth-order valence-electron chi connectivity index (χ4n) is 2.56. The number of ether oxygens (including phenoxy) is 1. The minimum Gasteiger partial charge on any atom is -0.490 e. The van der Waals surface area contributed by atoms with Crippen LogP contribution in [0.25, 0.3) is 10.8 Å². The van der Waals surface area contributed by atoms with Gasteiger partial charge in [0.05, 0.1) is 12.0 Å². The highest BCUT2D eigenvalue weighted by Crippen LogP contribution is 2.34. The SMILES string of the molecule is COc1cccc(NCc2ccc3ccccc3c2)c1[N+](=O)[O-]. The molecule has 0 aliphatic heterocycles.